The predicted octanol–water partition coefficient (Wildman–Crippen LogP) is 3.68. The highest BCUT2D eigenvalue weighted by atomic mass is 19.3. The van der Waals surface area contributed by atoms with Crippen molar-refractivity contribution in [2.45, 2.75) is 33.4 Å². The summed E-state index contributed by atoms with van der Waals surface area (Å²) in [5.74, 6) is -0.0251. The molecular formula is C27H22F2N8O2. The molecule has 0 radical (unpaired) electrons. The number of pyridine rings is 1. The van der Waals surface area contributed by atoms with Crippen molar-refractivity contribution >= 4 is 22.5 Å². The molecule has 0 saturated carbocycles. The Bertz CT molecular complexity index is 1870. The molecular weight excluding hydrogens is 506 g/mol. The first-order chi connectivity index (χ1) is 18.7. The van der Waals surface area contributed by atoms with Gasteiger partial charge in [0.05, 0.1) is 35.6 Å². The van der Waals surface area contributed by atoms with Gasteiger partial charge in [-0.2, -0.15) is 15.3 Å². The number of nitriles is 1. The van der Waals surface area contributed by atoms with E-state index in [4.69, 9.17) is 0 Å². The lowest BCUT2D eigenvalue weighted by molar-refractivity contribution is 0.122. The van der Waals surface area contributed by atoms with Crippen molar-refractivity contribution < 1.29 is 8.78 Å². The highest BCUT2D eigenvalue weighted by Crippen LogP contribution is 2.22. The number of rotatable bonds is 7. The molecule has 0 atom stereocenters. The van der Waals surface area contributed by atoms with Crippen LogP contribution in [0.25, 0.3) is 16.6 Å². The van der Waals surface area contributed by atoms with Crippen LogP contribution in [0.15, 0.2) is 70.6 Å². The first kappa shape index (κ1) is 25.5. The topological polar surface area (TPSA) is 123 Å². The second-order valence-electron chi connectivity index (χ2n) is 9.04. The van der Waals surface area contributed by atoms with Gasteiger partial charge in [-0.05, 0) is 66.9 Å². The molecule has 0 unspecified atom stereocenters. The van der Waals surface area contributed by atoms with Gasteiger partial charge in [0, 0.05) is 23.5 Å². The Morgan fingerprint density at radius 1 is 1.08 bits per heavy atom. The van der Waals surface area contributed by atoms with E-state index in [1.54, 1.807) is 55.6 Å². The average molecular weight is 529 g/mol. The minimum absolute atomic E-state index is 0.0175. The van der Waals surface area contributed by atoms with Crippen molar-refractivity contribution in [3.8, 4) is 11.8 Å². The minimum atomic E-state index is -2.55. The van der Waals surface area contributed by atoms with Crippen LogP contribution >= 0.6 is 0 Å². The van der Waals surface area contributed by atoms with Crippen LogP contribution in [0, 0.1) is 25.2 Å². The zero-order chi connectivity index (χ0) is 27.7. The van der Waals surface area contributed by atoms with Gasteiger partial charge in [-0.3, -0.25) is 14.2 Å². The highest BCUT2D eigenvalue weighted by molar-refractivity contribution is 5.82. The molecule has 12 heteroatoms. The van der Waals surface area contributed by atoms with Crippen LogP contribution < -0.4 is 16.7 Å². The maximum absolute atomic E-state index is 13.8. The minimum Gasteiger partial charge on any atom is -0.325 e. The van der Waals surface area contributed by atoms with E-state index in [9.17, 15) is 23.6 Å². The van der Waals surface area contributed by atoms with Crippen molar-refractivity contribution in [3.63, 3.8) is 0 Å². The number of hydrogen-bond donors (Lipinski definition) is 1. The van der Waals surface area contributed by atoms with E-state index in [1.807, 2.05) is 6.92 Å². The molecule has 3 heterocycles. The third-order valence-corrected chi connectivity index (χ3v) is 6.13. The Balaban J connectivity index is 1.63. The largest absolute Gasteiger partial charge is 0.359 e. The van der Waals surface area contributed by atoms with E-state index in [1.165, 1.54) is 17.0 Å². The number of anilines is 2. The first-order valence-electron chi connectivity index (χ1n) is 11.9. The van der Waals surface area contributed by atoms with E-state index in [2.05, 4.69) is 26.5 Å². The van der Waals surface area contributed by atoms with Gasteiger partial charge in [0.15, 0.2) is 0 Å². The van der Waals surface area contributed by atoms with Crippen molar-refractivity contribution in [2.75, 3.05) is 5.32 Å². The molecule has 0 aliphatic rings. The molecule has 0 spiro atoms. The fourth-order valence-corrected chi connectivity index (χ4v) is 4.21. The van der Waals surface area contributed by atoms with Crippen molar-refractivity contribution in [1.29, 1.82) is 5.26 Å². The summed E-state index contributed by atoms with van der Waals surface area (Å²) in [6.07, 6.45) is 1.95. The van der Waals surface area contributed by atoms with Crippen molar-refractivity contribution in [1.82, 2.24) is 28.9 Å². The number of alkyl halides is 2. The summed E-state index contributed by atoms with van der Waals surface area (Å²) in [5.41, 5.74) is 2.51. The Morgan fingerprint density at radius 3 is 2.64 bits per heavy atom. The number of fused-ring (bicyclic) bond motifs is 1. The van der Waals surface area contributed by atoms with Crippen molar-refractivity contribution in [3.05, 3.63) is 104 Å². The van der Waals surface area contributed by atoms with Crippen LogP contribution in [0.2, 0.25) is 0 Å². The molecule has 3 aromatic heterocycles. The van der Waals surface area contributed by atoms with Crippen LogP contribution in [-0.2, 0) is 13.1 Å². The lowest BCUT2D eigenvalue weighted by atomic mass is 10.1. The zero-order valence-electron chi connectivity index (χ0n) is 21.0. The normalized spacial score (nSPS) is 11.2. The van der Waals surface area contributed by atoms with Gasteiger partial charge < -0.3 is 5.32 Å². The summed E-state index contributed by atoms with van der Waals surface area (Å²) in [6, 6.07) is 13.8. The number of aryl methyl sites for hydroxylation is 2. The fourth-order valence-electron chi connectivity index (χ4n) is 4.21. The van der Waals surface area contributed by atoms with Crippen LogP contribution in [-0.4, -0.2) is 35.3 Å². The SMILES string of the molecule is Cc1cncc(-n2c(=O)nc(Nc3ccc4nn(CC(F)F)cc4c3)n(Cc3cc(C#N)ccc3C)c2=O)c1. The summed E-state index contributed by atoms with van der Waals surface area (Å²) in [7, 11) is 0. The number of halogens is 2. The van der Waals surface area contributed by atoms with Gasteiger partial charge in [-0.15, -0.1) is 0 Å². The van der Waals surface area contributed by atoms with Gasteiger partial charge in [-0.25, -0.2) is 22.9 Å². The quantitative estimate of drug-likeness (QED) is 0.342. The molecule has 0 bridgehead atoms. The Hall–Kier alpha value is -5.18. The van der Waals surface area contributed by atoms with E-state index in [-0.39, 0.29) is 18.2 Å². The molecule has 196 valence electrons. The number of hydrogen-bond acceptors (Lipinski definition) is 7. The Labute approximate surface area is 220 Å². The van der Waals surface area contributed by atoms with Gasteiger partial charge in [0.1, 0.15) is 6.54 Å². The van der Waals surface area contributed by atoms with Crippen LogP contribution in [0.5, 0.6) is 0 Å². The molecule has 39 heavy (non-hydrogen) atoms. The summed E-state index contributed by atoms with van der Waals surface area (Å²) in [4.78, 5) is 35.1. The van der Waals surface area contributed by atoms with Gasteiger partial charge in [0.25, 0.3) is 6.43 Å². The average Bonchev–Trinajstić information content (AvgIpc) is 3.28. The van der Waals surface area contributed by atoms with Gasteiger partial charge in [0.2, 0.25) is 5.95 Å². The van der Waals surface area contributed by atoms with E-state index in [0.717, 1.165) is 20.4 Å². The standard InChI is InChI=1S/C27H22F2N8O2/c1-16-7-22(12-31-11-16)37-26(38)33-25(36(27(37)39)14-19-8-18(10-30)4-3-17(19)2)32-21-5-6-23-20(9-21)13-35(34-23)15-24(28)29/h3-9,11-13,24H,14-15H2,1-2H3,(H,32,33,38). The molecule has 0 aliphatic carbocycles. The van der Waals surface area contributed by atoms with Gasteiger partial charge in [-0.1, -0.05) is 6.07 Å². The fraction of sp³-hybridized carbons (Fsp3) is 0.185. The summed E-state index contributed by atoms with van der Waals surface area (Å²) in [6.45, 7) is 3.13. The highest BCUT2D eigenvalue weighted by Gasteiger charge is 2.17. The molecule has 0 aliphatic heterocycles. The lowest BCUT2D eigenvalue weighted by Crippen LogP contribution is -2.41. The monoisotopic (exact) mass is 528 g/mol. The predicted molar refractivity (Wildman–Crippen MR) is 141 cm³/mol. The maximum atomic E-state index is 13.8. The smallest absolute Gasteiger partial charge is 0.325 e. The third kappa shape index (κ3) is 5.28. The zero-order valence-corrected chi connectivity index (χ0v) is 21.0. The molecule has 0 saturated heterocycles. The van der Waals surface area contributed by atoms with E-state index < -0.39 is 24.3 Å². The number of aromatic nitrogens is 6. The van der Waals surface area contributed by atoms with Crippen LogP contribution in [0.4, 0.5) is 20.4 Å². The summed E-state index contributed by atoms with van der Waals surface area (Å²) in [5, 5.41) is 17.1. The number of nitrogens with zero attached hydrogens (tertiary/aromatic N) is 7. The van der Waals surface area contributed by atoms with Gasteiger partial charge >= 0.3 is 11.4 Å². The summed E-state index contributed by atoms with van der Waals surface area (Å²) < 4.78 is 29.0. The maximum Gasteiger partial charge on any atom is 0.359 e. The molecule has 5 rings (SSSR count). The van der Waals surface area contributed by atoms with E-state index in [0.29, 0.717) is 27.7 Å². The Kier molecular flexibility index (Phi) is 6.72. The molecule has 0 fully saturated rings. The van der Waals surface area contributed by atoms with Crippen LogP contribution in [0.3, 0.4) is 0 Å². The second-order valence-corrected chi connectivity index (χ2v) is 9.04. The van der Waals surface area contributed by atoms with Crippen LogP contribution in [0.1, 0.15) is 22.3 Å². The summed E-state index contributed by atoms with van der Waals surface area (Å²) >= 11 is 0. The lowest BCUT2D eigenvalue weighted by Gasteiger charge is -2.17. The number of benzene rings is 2. The second kappa shape index (κ2) is 10.3. The number of nitrogens with one attached hydrogen (secondary N) is 1. The molecule has 0 amide bonds. The molecule has 1 N–H and O–H groups in total. The molecule has 2 aromatic carbocycles. The Morgan fingerprint density at radius 2 is 1.90 bits per heavy atom. The molecule has 5 aromatic rings. The first-order valence-corrected chi connectivity index (χ1v) is 11.9. The third-order valence-electron chi connectivity index (χ3n) is 6.13. The van der Waals surface area contributed by atoms with Crippen molar-refractivity contribution in [2.24, 2.45) is 0 Å². The van der Waals surface area contributed by atoms with E-state index >= 15 is 0 Å². The molecule has 10 nitrogen and oxygen atoms in total.